The molecule has 1 unspecified atom stereocenters. The minimum atomic E-state index is -0.689. The van der Waals surface area contributed by atoms with E-state index in [4.69, 9.17) is 16.7 Å². The fourth-order valence-corrected chi connectivity index (χ4v) is 3.26. The van der Waals surface area contributed by atoms with Gasteiger partial charge in [0.2, 0.25) is 0 Å². The van der Waals surface area contributed by atoms with Crippen LogP contribution in [0.4, 0.5) is 0 Å². The van der Waals surface area contributed by atoms with E-state index in [2.05, 4.69) is 4.90 Å². The van der Waals surface area contributed by atoms with E-state index in [1.54, 1.807) is 11.3 Å². The molecule has 1 aromatic heterocycles. The highest BCUT2D eigenvalue weighted by Gasteiger charge is 2.24. The van der Waals surface area contributed by atoms with Crippen molar-refractivity contribution in [2.75, 3.05) is 13.1 Å². The van der Waals surface area contributed by atoms with Crippen molar-refractivity contribution >= 4 is 28.9 Å². The van der Waals surface area contributed by atoms with E-state index in [-0.39, 0.29) is 0 Å². The Morgan fingerprint density at radius 2 is 2.44 bits per heavy atom. The van der Waals surface area contributed by atoms with E-state index in [9.17, 15) is 4.79 Å². The fraction of sp³-hybridized carbons (Fsp3) is 0.545. The lowest BCUT2D eigenvalue weighted by atomic mass is 10.1. The molecule has 16 heavy (non-hydrogen) atoms. The Balaban J connectivity index is 1.82. The predicted octanol–water partition coefficient (Wildman–Crippen LogP) is 2.70. The maximum absolute atomic E-state index is 10.6. The van der Waals surface area contributed by atoms with Crippen LogP contribution in [-0.4, -0.2) is 29.1 Å². The molecule has 0 saturated carbocycles. The van der Waals surface area contributed by atoms with Crippen LogP contribution in [0.15, 0.2) is 12.1 Å². The molecule has 1 aliphatic rings. The van der Waals surface area contributed by atoms with Gasteiger partial charge >= 0.3 is 5.97 Å². The molecule has 2 heterocycles. The fourth-order valence-electron chi connectivity index (χ4n) is 2.13. The predicted molar refractivity (Wildman–Crippen MR) is 65.0 cm³/mol. The molecular formula is C11H14ClNO2S. The second kappa shape index (κ2) is 5.17. The number of carboxylic acids is 1. The number of thiophene rings is 1. The third-order valence-corrected chi connectivity index (χ3v) is 4.06. The van der Waals surface area contributed by atoms with Gasteiger partial charge in [-0.05, 0) is 31.0 Å². The summed E-state index contributed by atoms with van der Waals surface area (Å²) in [5.74, 6) is -0.376. The number of halogens is 1. The molecule has 0 amide bonds. The van der Waals surface area contributed by atoms with E-state index in [0.717, 1.165) is 30.4 Å². The molecule has 0 spiro atoms. The average Bonchev–Trinajstić information content (AvgIpc) is 2.76. The first-order valence-electron chi connectivity index (χ1n) is 5.32. The quantitative estimate of drug-likeness (QED) is 0.904. The minimum Gasteiger partial charge on any atom is -0.481 e. The van der Waals surface area contributed by atoms with Crippen LogP contribution in [0.1, 0.15) is 17.7 Å². The maximum atomic E-state index is 10.6. The first kappa shape index (κ1) is 11.9. The van der Waals surface area contributed by atoms with Crippen molar-refractivity contribution < 1.29 is 9.90 Å². The van der Waals surface area contributed by atoms with Crippen LogP contribution in [0.25, 0.3) is 0 Å². The Morgan fingerprint density at radius 3 is 3.06 bits per heavy atom. The molecule has 5 heteroatoms. The van der Waals surface area contributed by atoms with Crippen molar-refractivity contribution in [1.29, 1.82) is 0 Å². The molecule has 3 nitrogen and oxygen atoms in total. The summed E-state index contributed by atoms with van der Waals surface area (Å²) in [5, 5.41) is 8.72. The molecule has 1 saturated heterocycles. The van der Waals surface area contributed by atoms with Gasteiger partial charge in [-0.15, -0.1) is 11.3 Å². The molecular weight excluding hydrogens is 246 g/mol. The summed E-state index contributed by atoms with van der Waals surface area (Å²) in [6.07, 6.45) is 1.28. The molecule has 0 bridgehead atoms. The van der Waals surface area contributed by atoms with E-state index in [0.29, 0.717) is 12.3 Å². The van der Waals surface area contributed by atoms with Gasteiger partial charge in [-0.3, -0.25) is 9.69 Å². The zero-order valence-corrected chi connectivity index (χ0v) is 10.4. The van der Waals surface area contributed by atoms with Crippen LogP contribution in [0.5, 0.6) is 0 Å². The second-order valence-electron chi connectivity index (χ2n) is 4.19. The summed E-state index contributed by atoms with van der Waals surface area (Å²) < 4.78 is 0.816. The SMILES string of the molecule is O=C(O)CC1CCN(Cc2ccc(Cl)s2)C1. The summed E-state index contributed by atoms with van der Waals surface area (Å²) in [4.78, 5) is 14.1. The molecule has 1 atom stereocenters. The van der Waals surface area contributed by atoms with E-state index in [1.807, 2.05) is 12.1 Å². The highest BCUT2D eigenvalue weighted by atomic mass is 35.5. The van der Waals surface area contributed by atoms with Crippen molar-refractivity contribution in [1.82, 2.24) is 4.90 Å². The number of carbonyl (C=O) groups is 1. The molecule has 1 fully saturated rings. The molecule has 0 aromatic carbocycles. The lowest BCUT2D eigenvalue weighted by molar-refractivity contribution is -0.138. The van der Waals surface area contributed by atoms with Crippen LogP contribution in [0.3, 0.4) is 0 Å². The lowest BCUT2D eigenvalue weighted by Gasteiger charge is -2.13. The Bertz CT molecular complexity index is 380. The van der Waals surface area contributed by atoms with Gasteiger partial charge in [-0.1, -0.05) is 11.6 Å². The van der Waals surface area contributed by atoms with E-state index in [1.165, 1.54) is 4.88 Å². The number of likely N-dealkylation sites (tertiary alicyclic amines) is 1. The van der Waals surface area contributed by atoms with Crippen molar-refractivity contribution in [3.63, 3.8) is 0 Å². The van der Waals surface area contributed by atoms with Gasteiger partial charge in [-0.25, -0.2) is 0 Å². The molecule has 88 valence electrons. The van der Waals surface area contributed by atoms with Crippen LogP contribution in [0, 0.1) is 5.92 Å². The number of rotatable bonds is 4. The van der Waals surface area contributed by atoms with Gasteiger partial charge in [0.1, 0.15) is 0 Å². The number of hydrogen-bond donors (Lipinski definition) is 1. The van der Waals surface area contributed by atoms with Crippen LogP contribution >= 0.6 is 22.9 Å². The Labute approximate surface area is 104 Å². The largest absolute Gasteiger partial charge is 0.481 e. The number of aliphatic carboxylic acids is 1. The number of nitrogens with zero attached hydrogens (tertiary/aromatic N) is 1. The topological polar surface area (TPSA) is 40.5 Å². The molecule has 2 rings (SSSR count). The van der Waals surface area contributed by atoms with Gasteiger partial charge in [0.05, 0.1) is 4.34 Å². The molecule has 0 radical (unpaired) electrons. The first-order valence-corrected chi connectivity index (χ1v) is 6.51. The van der Waals surface area contributed by atoms with Gasteiger partial charge in [-0.2, -0.15) is 0 Å². The smallest absolute Gasteiger partial charge is 0.303 e. The molecule has 0 aliphatic carbocycles. The second-order valence-corrected chi connectivity index (χ2v) is 5.99. The number of carboxylic acid groups (broad SMARTS) is 1. The average molecular weight is 260 g/mol. The van der Waals surface area contributed by atoms with Crippen LogP contribution in [-0.2, 0) is 11.3 Å². The van der Waals surface area contributed by atoms with Gasteiger partial charge in [0.15, 0.2) is 0 Å². The Hall–Kier alpha value is -0.580. The Kier molecular flexibility index (Phi) is 3.84. The highest BCUT2D eigenvalue weighted by molar-refractivity contribution is 7.16. The molecule has 1 aromatic rings. The summed E-state index contributed by atoms with van der Waals surface area (Å²) in [6.45, 7) is 2.78. The van der Waals surface area contributed by atoms with Gasteiger partial charge in [0, 0.05) is 24.4 Å². The Morgan fingerprint density at radius 1 is 1.62 bits per heavy atom. The summed E-state index contributed by atoms with van der Waals surface area (Å²) >= 11 is 7.46. The van der Waals surface area contributed by atoms with E-state index >= 15 is 0 Å². The van der Waals surface area contributed by atoms with Crippen LogP contribution < -0.4 is 0 Å². The van der Waals surface area contributed by atoms with Gasteiger partial charge < -0.3 is 5.11 Å². The van der Waals surface area contributed by atoms with Crippen LogP contribution in [0.2, 0.25) is 4.34 Å². The lowest BCUT2D eigenvalue weighted by Crippen LogP contribution is -2.20. The molecule has 1 aliphatic heterocycles. The first-order chi connectivity index (χ1) is 7.63. The standard InChI is InChI=1S/C11H14ClNO2S/c12-10-2-1-9(16-10)7-13-4-3-8(6-13)5-11(14)15/h1-2,8H,3-7H2,(H,14,15). The van der Waals surface area contributed by atoms with Crippen molar-refractivity contribution in [2.24, 2.45) is 5.92 Å². The normalized spacial score (nSPS) is 21.4. The number of hydrogen-bond acceptors (Lipinski definition) is 3. The minimum absolute atomic E-state index is 0.293. The summed E-state index contributed by atoms with van der Waals surface area (Å²) in [7, 11) is 0. The van der Waals surface area contributed by atoms with Crippen molar-refractivity contribution in [2.45, 2.75) is 19.4 Å². The summed E-state index contributed by atoms with van der Waals surface area (Å²) in [6, 6.07) is 3.95. The van der Waals surface area contributed by atoms with Crippen molar-refractivity contribution in [3.05, 3.63) is 21.3 Å². The maximum Gasteiger partial charge on any atom is 0.303 e. The van der Waals surface area contributed by atoms with Gasteiger partial charge in [0.25, 0.3) is 0 Å². The van der Waals surface area contributed by atoms with E-state index < -0.39 is 5.97 Å². The zero-order chi connectivity index (χ0) is 11.5. The monoisotopic (exact) mass is 259 g/mol. The highest BCUT2D eigenvalue weighted by Crippen LogP contribution is 2.26. The zero-order valence-electron chi connectivity index (χ0n) is 8.86. The van der Waals surface area contributed by atoms with Crippen molar-refractivity contribution in [3.8, 4) is 0 Å². The summed E-state index contributed by atoms with van der Waals surface area (Å²) in [5.41, 5.74) is 0. The third-order valence-electron chi connectivity index (χ3n) is 2.84. The third kappa shape index (κ3) is 3.20. The molecule has 1 N–H and O–H groups in total.